The summed E-state index contributed by atoms with van der Waals surface area (Å²) in [6.07, 6.45) is 4.90. The number of aliphatic hydroxyl groups is 1. The van der Waals surface area contributed by atoms with Gasteiger partial charge in [0.25, 0.3) is 6.47 Å². The molecule has 0 aliphatic rings. The van der Waals surface area contributed by atoms with Crippen molar-refractivity contribution < 1.29 is 19.0 Å². The van der Waals surface area contributed by atoms with E-state index in [4.69, 9.17) is 4.74 Å². The fraction of sp³-hybridized carbons (Fsp3) is 0.273. The Morgan fingerprint density at radius 2 is 1.75 bits per heavy atom. The molecule has 2 aromatic heterocycles. The number of hydrogen-bond donors (Lipinski definition) is 2. The smallest absolute Gasteiger partial charge is 0.293 e. The Morgan fingerprint density at radius 1 is 1.11 bits per heavy atom. The van der Waals surface area contributed by atoms with Crippen LogP contribution in [0.25, 0.3) is 22.3 Å². The highest BCUT2D eigenvalue weighted by Crippen LogP contribution is 2.39. The summed E-state index contributed by atoms with van der Waals surface area (Å²) in [5, 5.41) is 9.30. The fourth-order valence-electron chi connectivity index (χ4n) is 3.41. The molecule has 0 radical (unpaired) electrons. The topological polar surface area (TPSA) is 75.2 Å². The second kappa shape index (κ2) is 9.28. The number of H-pyrrole nitrogens is 1. The molecule has 0 saturated heterocycles. The van der Waals surface area contributed by atoms with Crippen LogP contribution in [0, 0.1) is 5.82 Å². The molecular weight excluding hydrogens is 359 g/mol. The quantitative estimate of drug-likeness (QED) is 0.550. The molecule has 0 fully saturated rings. The van der Waals surface area contributed by atoms with Gasteiger partial charge in [0.05, 0.1) is 0 Å². The van der Waals surface area contributed by atoms with Crippen LogP contribution in [0.15, 0.2) is 48.8 Å². The second-order valence-corrected chi connectivity index (χ2v) is 6.65. The number of halogens is 1. The van der Waals surface area contributed by atoms with E-state index in [1.807, 2.05) is 19.1 Å². The van der Waals surface area contributed by atoms with Gasteiger partial charge in [0.15, 0.2) is 0 Å². The summed E-state index contributed by atoms with van der Waals surface area (Å²) in [6, 6.07) is 10.2. The molecule has 0 spiro atoms. The molecule has 146 valence electrons. The van der Waals surface area contributed by atoms with Crippen molar-refractivity contribution in [2.75, 3.05) is 6.61 Å². The van der Waals surface area contributed by atoms with Crippen LogP contribution in [-0.2, 0) is 22.4 Å². The third kappa shape index (κ3) is 4.46. The van der Waals surface area contributed by atoms with Crippen molar-refractivity contribution in [1.82, 2.24) is 9.97 Å². The lowest BCUT2D eigenvalue weighted by atomic mass is 9.93. The maximum Gasteiger partial charge on any atom is 0.293 e. The van der Waals surface area contributed by atoms with E-state index in [9.17, 15) is 14.3 Å². The van der Waals surface area contributed by atoms with E-state index >= 15 is 0 Å². The van der Waals surface area contributed by atoms with Crippen LogP contribution in [0.1, 0.15) is 24.7 Å². The normalized spacial score (nSPS) is 12.0. The number of carbonyl (C=O) groups is 1. The molecule has 2 heterocycles. The number of nitrogens with zero attached hydrogens (tertiary/aromatic N) is 1. The minimum absolute atomic E-state index is 0.0840. The molecule has 28 heavy (non-hydrogen) atoms. The monoisotopic (exact) mass is 382 g/mol. The number of pyridine rings is 1. The predicted octanol–water partition coefficient (Wildman–Crippen LogP) is 3.91. The molecule has 0 aliphatic carbocycles. The number of ether oxygens (including phenoxy) is 1. The van der Waals surface area contributed by atoms with Crippen LogP contribution in [0.5, 0.6) is 0 Å². The van der Waals surface area contributed by atoms with Crippen molar-refractivity contribution in [3.63, 3.8) is 0 Å². The summed E-state index contributed by atoms with van der Waals surface area (Å²) in [6.45, 7) is 2.35. The van der Waals surface area contributed by atoms with Gasteiger partial charge in [-0.2, -0.15) is 0 Å². The lowest BCUT2D eigenvalue weighted by molar-refractivity contribution is -0.132. The Balaban J connectivity index is 2.19. The van der Waals surface area contributed by atoms with E-state index < -0.39 is 0 Å². The van der Waals surface area contributed by atoms with E-state index in [2.05, 4.69) is 9.97 Å². The number of hydrogen-bond acceptors (Lipinski definition) is 4. The zero-order valence-electron chi connectivity index (χ0n) is 15.7. The number of aromatic amines is 1. The first-order chi connectivity index (χ1) is 13.6. The molecule has 0 amide bonds. The summed E-state index contributed by atoms with van der Waals surface area (Å²) in [5.41, 5.74) is 5.67. The van der Waals surface area contributed by atoms with Gasteiger partial charge in [-0.15, -0.1) is 0 Å². The minimum Gasteiger partial charge on any atom is -0.464 e. The molecule has 6 heteroatoms. The summed E-state index contributed by atoms with van der Waals surface area (Å²) < 4.78 is 18.6. The molecule has 0 aliphatic heterocycles. The van der Waals surface area contributed by atoms with Crippen LogP contribution >= 0.6 is 0 Å². The molecule has 0 saturated carbocycles. The van der Waals surface area contributed by atoms with Gasteiger partial charge in [-0.25, -0.2) is 4.39 Å². The number of rotatable bonds is 9. The number of aliphatic hydroxyl groups excluding tert-OH is 1. The highest BCUT2D eigenvalue weighted by molar-refractivity contribution is 5.87. The Labute approximate surface area is 163 Å². The SMILES string of the molecule is CC(Cc1[nH]c(CCCO)c(-c2ccncc2)c1-c1ccc(F)cc1)OC=O. The average molecular weight is 382 g/mol. The molecule has 1 unspecified atom stereocenters. The third-order valence-corrected chi connectivity index (χ3v) is 4.62. The number of aryl methyl sites for hydroxylation is 1. The Kier molecular flexibility index (Phi) is 6.55. The first-order valence-corrected chi connectivity index (χ1v) is 9.24. The zero-order valence-corrected chi connectivity index (χ0v) is 15.7. The first-order valence-electron chi connectivity index (χ1n) is 9.24. The number of benzene rings is 1. The average Bonchev–Trinajstić information content (AvgIpc) is 3.05. The van der Waals surface area contributed by atoms with Crippen LogP contribution in [0.2, 0.25) is 0 Å². The Bertz CT molecular complexity index is 908. The van der Waals surface area contributed by atoms with E-state index in [1.54, 1.807) is 24.5 Å². The highest BCUT2D eigenvalue weighted by atomic mass is 19.1. The Morgan fingerprint density at radius 3 is 2.39 bits per heavy atom. The standard InChI is InChI=1S/C22H23FN2O3/c1-15(28-14-27)13-20-22(16-4-6-18(23)7-5-16)21(17-8-10-24-11-9-17)19(25-20)3-2-12-26/h4-11,14-15,25-26H,2-3,12-13H2,1H3. The lowest BCUT2D eigenvalue weighted by Crippen LogP contribution is -2.11. The molecule has 3 rings (SSSR count). The van der Waals surface area contributed by atoms with E-state index in [-0.39, 0.29) is 18.5 Å². The van der Waals surface area contributed by atoms with Crippen LogP contribution < -0.4 is 0 Å². The van der Waals surface area contributed by atoms with Crippen molar-refractivity contribution in [3.8, 4) is 22.3 Å². The number of aromatic nitrogens is 2. The molecule has 1 atom stereocenters. The summed E-state index contributed by atoms with van der Waals surface area (Å²) in [5.74, 6) is -0.301. The second-order valence-electron chi connectivity index (χ2n) is 6.65. The number of nitrogens with one attached hydrogen (secondary N) is 1. The van der Waals surface area contributed by atoms with E-state index in [0.717, 1.165) is 33.6 Å². The highest BCUT2D eigenvalue weighted by Gasteiger charge is 2.21. The van der Waals surface area contributed by atoms with Crippen LogP contribution in [0.4, 0.5) is 4.39 Å². The van der Waals surface area contributed by atoms with E-state index in [0.29, 0.717) is 25.7 Å². The number of carbonyl (C=O) groups excluding carboxylic acids is 1. The van der Waals surface area contributed by atoms with Gasteiger partial charge >= 0.3 is 0 Å². The fourth-order valence-corrected chi connectivity index (χ4v) is 3.41. The molecule has 1 aromatic carbocycles. The predicted molar refractivity (Wildman–Crippen MR) is 105 cm³/mol. The molecule has 5 nitrogen and oxygen atoms in total. The van der Waals surface area contributed by atoms with Crippen molar-refractivity contribution in [1.29, 1.82) is 0 Å². The van der Waals surface area contributed by atoms with Gasteiger partial charge in [-0.05, 0) is 55.2 Å². The molecule has 2 N–H and O–H groups in total. The minimum atomic E-state index is -0.314. The van der Waals surface area contributed by atoms with Crippen LogP contribution in [0.3, 0.4) is 0 Å². The van der Waals surface area contributed by atoms with E-state index in [1.165, 1.54) is 12.1 Å². The first kappa shape index (κ1) is 19.8. The van der Waals surface area contributed by atoms with Gasteiger partial charge < -0.3 is 14.8 Å². The van der Waals surface area contributed by atoms with Crippen molar-refractivity contribution in [2.24, 2.45) is 0 Å². The van der Waals surface area contributed by atoms with Gasteiger partial charge in [-0.3, -0.25) is 9.78 Å². The van der Waals surface area contributed by atoms with Gasteiger partial charge in [0.1, 0.15) is 11.9 Å². The molecular formula is C22H23FN2O3. The summed E-state index contributed by atoms with van der Waals surface area (Å²) >= 11 is 0. The van der Waals surface area contributed by atoms with Crippen molar-refractivity contribution >= 4 is 6.47 Å². The van der Waals surface area contributed by atoms with Crippen molar-refractivity contribution in [3.05, 3.63) is 66.0 Å². The Hall–Kier alpha value is -2.99. The largest absolute Gasteiger partial charge is 0.464 e. The maximum atomic E-state index is 13.5. The molecule has 3 aromatic rings. The summed E-state index contributed by atoms with van der Waals surface area (Å²) in [7, 11) is 0. The zero-order chi connectivity index (χ0) is 19.9. The third-order valence-electron chi connectivity index (χ3n) is 4.62. The van der Waals surface area contributed by atoms with Crippen molar-refractivity contribution in [2.45, 2.75) is 32.3 Å². The van der Waals surface area contributed by atoms with Gasteiger partial charge in [0, 0.05) is 47.9 Å². The maximum absolute atomic E-state index is 13.5. The lowest BCUT2D eigenvalue weighted by Gasteiger charge is -2.12. The molecule has 0 bridgehead atoms. The van der Waals surface area contributed by atoms with Crippen LogP contribution in [-0.4, -0.2) is 34.3 Å². The summed E-state index contributed by atoms with van der Waals surface area (Å²) in [4.78, 5) is 18.3. The van der Waals surface area contributed by atoms with Gasteiger partial charge in [0.2, 0.25) is 0 Å². The van der Waals surface area contributed by atoms with Gasteiger partial charge in [-0.1, -0.05) is 12.1 Å².